The molecule has 1 aliphatic carbocycles. The number of hydrazine groups is 2. The highest BCUT2D eigenvalue weighted by molar-refractivity contribution is 5.87. The Bertz CT molecular complexity index is 507. The van der Waals surface area contributed by atoms with E-state index in [4.69, 9.17) is 0 Å². The summed E-state index contributed by atoms with van der Waals surface area (Å²) in [5.74, 6) is 1.62. The van der Waals surface area contributed by atoms with Gasteiger partial charge >= 0.3 is 0 Å². The fourth-order valence-electron chi connectivity index (χ4n) is 3.01. The SMILES string of the molecule is C1=Nc2[nH]ccc2C2=C(C3CCCC3)NNN12. The number of fused-ring (bicyclic) bond motifs is 3. The molecule has 0 unspecified atom stereocenters. The van der Waals surface area contributed by atoms with Gasteiger partial charge in [0.05, 0.1) is 11.4 Å². The maximum Gasteiger partial charge on any atom is 0.141 e. The van der Waals surface area contributed by atoms with Crippen molar-refractivity contribution in [3.8, 4) is 0 Å². The molecule has 5 nitrogen and oxygen atoms in total. The minimum atomic E-state index is 0.664. The van der Waals surface area contributed by atoms with Crippen LogP contribution < -0.4 is 11.0 Å². The summed E-state index contributed by atoms with van der Waals surface area (Å²) >= 11 is 0. The molecule has 1 aromatic heterocycles. The lowest BCUT2D eigenvalue weighted by Crippen LogP contribution is -2.37. The Morgan fingerprint density at radius 3 is 3.06 bits per heavy atom. The standard InChI is InChI=1S/C12H15N5/c1-2-4-8(3-1)10-11-9-5-6-13-12(9)14-7-17(11)16-15-10/h5-8,13,15-16H,1-4H2. The normalized spacial score (nSPS) is 22.9. The zero-order valence-corrected chi connectivity index (χ0v) is 9.53. The Kier molecular flexibility index (Phi) is 1.84. The van der Waals surface area contributed by atoms with Crippen molar-refractivity contribution in [2.24, 2.45) is 10.9 Å². The molecule has 3 N–H and O–H groups in total. The number of nitrogens with one attached hydrogen (secondary N) is 3. The van der Waals surface area contributed by atoms with Crippen LogP contribution in [0.5, 0.6) is 0 Å². The van der Waals surface area contributed by atoms with Crippen molar-refractivity contribution in [2.75, 3.05) is 0 Å². The summed E-state index contributed by atoms with van der Waals surface area (Å²) in [4.78, 5) is 7.53. The summed E-state index contributed by atoms with van der Waals surface area (Å²) in [6, 6.07) is 2.10. The van der Waals surface area contributed by atoms with E-state index in [2.05, 4.69) is 27.0 Å². The van der Waals surface area contributed by atoms with Gasteiger partial charge in [-0.2, -0.15) is 0 Å². The summed E-state index contributed by atoms with van der Waals surface area (Å²) in [6.45, 7) is 0. The van der Waals surface area contributed by atoms with Gasteiger partial charge in [-0.1, -0.05) is 12.8 Å². The number of aliphatic imine (C=N–C) groups is 1. The van der Waals surface area contributed by atoms with Crippen molar-refractivity contribution < 1.29 is 0 Å². The highest BCUT2D eigenvalue weighted by Crippen LogP contribution is 2.39. The molecule has 3 aliphatic rings. The van der Waals surface area contributed by atoms with Crippen LogP contribution in [0, 0.1) is 5.92 Å². The highest BCUT2D eigenvalue weighted by atomic mass is 15.7. The largest absolute Gasteiger partial charge is 0.346 e. The maximum atomic E-state index is 4.37. The molecule has 1 aromatic rings. The first-order chi connectivity index (χ1) is 8.43. The molecule has 5 heteroatoms. The summed E-state index contributed by atoms with van der Waals surface area (Å²) in [7, 11) is 0. The van der Waals surface area contributed by atoms with Crippen LogP contribution in [0.4, 0.5) is 5.82 Å². The number of H-pyrrole nitrogens is 1. The van der Waals surface area contributed by atoms with Crippen molar-refractivity contribution in [1.82, 2.24) is 21.0 Å². The molecule has 88 valence electrons. The molecule has 17 heavy (non-hydrogen) atoms. The Balaban J connectivity index is 1.84. The number of hydrogen-bond donors (Lipinski definition) is 3. The Morgan fingerprint density at radius 1 is 1.29 bits per heavy atom. The molecular formula is C12H15N5. The number of hydrogen-bond acceptors (Lipinski definition) is 4. The van der Waals surface area contributed by atoms with Gasteiger partial charge in [0.1, 0.15) is 12.2 Å². The molecule has 0 amide bonds. The fraction of sp³-hybridized carbons (Fsp3) is 0.417. The second kappa shape index (κ2) is 3.37. The molecule has 3 heterocycles. The predicted octanol–water partition coefficient (Wildman–Crippen LogP) is 1.87. The van der Waals surface area contributed by atoms with Crippen LogP contribution in [0.2, 0.25) is 0 Å². The van der Waals surface area contributed by atoms with Gasteiger partial charge in [-0.3, -0.25) is 0 Å². The molecule has 4 rings (SSSR count). The van der Waals surface area contributed by atoms with Gasteiger partial charge < -0.3 is 10.4 Å². The fourth-order valence-corrected chi connectivity index (χ4v) is 3.01. The zero-order valence-electron chi connectivity index (χ0n) is 9.53. The third kappa shape index (κ3) is 1.26. The summed E-state index contributed by atoms with van der Waals surface area (Å²) < 4.78 is 0. The number of aromatic nitrogens is 1. The molecule has 0 bridgehead atoms. The molecule has 0 saturated heterocycles. The van der Waals surface area contributed by atoms with E-state index in [0.717, 1.165) is 5.82 Å². The van der Waals surface area contributed by atoms with E-state index in [-0.39, 0.29) is 0 Å². The lowest BCUT2D eigenvalue weighted by atomic mass is 10.00. The number of allylic oxidation sites excluding steroid dienone is 1. The van der Waals surface area contributed by atoms with Gasteiger partial charge in [0.25, 0.3) is 0 Å². The van der Waals surface area contributed by atoms with Gasteiger partial charge in [0.15, 0.2) is 0 Å². The monoisotopic (exact) mass is 229 g/mol. The van der Waals surface area contributed by atoms with Gasteiger partial charge in [-0.15, -0.1) is 5.53 Å². The van der Waals surface area contributed by atoms with E-state index < -0.39 is 0 Å². The molecule has 0 aromatic carbocycles. The van der Waals surface area contributed by atoms with Gasteiger partial charge in [0.2, 0.25) is 0 Å². The first kappa shape index (κ1) is 9.30. The van der Waals surface area contributed by atoms with Crippen molar-refractivity contribution in [3.05, 3.63) is 23.5 Å². The molecule has 0 radical (unpaired) electrons. The zero-order chi connectivity index (χ0) is 11.2. The van der Waals surface area contributed by atoms with E-state index >= 15 is 0 Å². The van der Waals surface area contributed by atoms with Crippen molar-refractivity contribution in [3.63, 3.8) is 0 Å². The quantitative estimate of drug-likeness (QED) is 0.689. The third-order valence-electron chi connectivity index (χ3n) is 3.85. The van der Waals surface area contributed by atoms with E-state index in [1.54, 1.807) is 0 Å². The molecular weight excluding hydrogens is 214 g/mol. The second-order valence-corrected chi connectivity index (χ2v) is 4.83. The van der Waals surface area contributed by atoms with Crippen LogP contribution in [0.1, 0.15) is 31.2 Å². The minimum absolute atomic E-state index is 0.664. The average Bonchev–Trinajstić information content (AvgIpc) is 3.08. The van der Waals surface area contributed by atoms with Crippen LogP contribution in [0.3, 0.4) is 0 Å². The Hall–Kier alpha value is -1.75. The van der Waals surface area contributed by atoms with E-state index in [9.17, 15) is 0 Å². The van der Waals surface area contributed by atoms with Crippen molar-refractivity contribution in [2.45, 2.75) is 25.7 Å². The molecule has 1 saturated carbocycles. The smallest absolute Gasteiger partial charge is 0.141 e. The van der Waals surface area contributed by atoms with Crippen LogP contribution in [0.15, 0.2) is 23.0 Å². The maximum absolute atomic E-state index is 4.37. The van der Waals surface area contributed by atoms with E-state index in [0.29, 0.717) is 5.92 Å². The van der Waals surface area contributed by atoms with Gasteiger partial charge in [0, 0.05) is 17.7 Å². The van der Waals surface area contributed by atoms with E-state index in [1.807, 2.05) is 17.5 Å². The topological polar surface area (TPSA) is 55.5 Å². The third-order valence-corrected chi connectivity index (χ3v) is 3.85. The lowest BCUT2D eigenvalue weighted by molar-refractivity contribution is 0.410. The summed E-state index contributed by atoms with van der Waals surface area (Å²) in [5, 5.41) is 1.98. The van der Waals surface area contributed by atoms with Crippen LogP contribution in [-0.4, -0.2) is 16.3 Å². The lowest BCUT2D eigenvalue weighted by Gasteiger charge is -2.19. The number of rotatable bonds is 1. The molecule has 0 spiro atoms. The molecule has 2 aliphatic heterocycles. The van der Waals surface area contributed by atoms with Crippen LogP contribution >= 0.6 is 0 Å². The Labute approximate surface area is 99.5 Å². The first-order valence-corrected chi connectivity index (χ1v) is 6.20. The summed E-state index contributed by atoms with van der Waals surface area (Å²) in [5.41, 5.74) is 10.2. The average molecular weight is 229 g/mol. The molecule has 0 atom stereocenters. The number of nitrogens with zero attached hydrogens (tertiary/aromatic N) is 2. The molecule has 1 fully saturated rings. The predicted molar refractivity (Wildman–Crippen MR) is 65.9 cm³/mol. The van der Waals surface area contributed by atoms with Crippen LogP contribution in [0.25, 0.3) is 5.70 Å². The van der Waals surface area contributed by atoms with Gasteiger partial charge in [-0.05, 0) is 18.9 Å². The summed E-state index contributed by atoms with van der Waals surface area (Å²) in [6.07, 6.45) is 9.04. The van der Waals surface area contributed by atoms with Crippen LogP contribution in [-0.2, 0) is 0 Å². The minimum Gasteiger partial charge on any atom is -0.346 e. The highest BCUT2D eigenvalue weighted by Gasteiger charge is 2.32. The number of aromatic amines is 1. The van der Waals surface area contributed by atoms with Crippen molar-refractivity contribution in [1.29, 1.82) is 0 Å². The second-order valence-electron chi connectivity index (χ2n) is 4.83. The van der Waals surface area contributed by atoms with Gasteiger partial charge in [-0.25, -0.2) is 10.0 Å². The van der Waals surface area contributed by atoms with E-state index in [1.165, 1.54) is 42.6 Å². The Morgan fingerprint density at radius 2 is 2.18 bits per heavy atom. The first-order valence-electron chi connectivity index (χ1n) is 6.20. The van der Waals surface area contributed by atoms with Crippen molar-refractivity contribution >= 4 is 17.9 Å².